The van der Waals surface area contributed by atoms with Crippen LogP contribution >= 0.6 is 0 Å². The number of hydrogen-bond acceptors (Lipinski definition) is 6. The predicted octanol–water partition coefficient (Wildman–Crippen LogP) is 1.31. The lowest BCUT2D eigenvalue weighted by Gasteiger charge is -2.34. The Balaban J connectivity index is 1.30. The summed E-state index contributed by atoms with van der Waals surface area (Å²) in [5.41, 5.74) is 4.53. The van der Waals surface area contributed by atoms with Crippen molar-refractivity contribution in [1.82, 2.24) is 25.5 Å². The fourth-order valence-electron chi connectivity index (χ4n) is 4.31. The summed E-state index contributed by atoms with van der Waals surface area (Å²) in [5, 5.41) is 5.79. The molecule has 3 heterocycles. The van der Waals surface area contributed by atoms with Crippen molar-refractivity contribution in [2.75, 3.05) is 19.6 Å². The van der Waals surface area contributed by atoms with Crippen LogP contribution in [-0.2, 0) is 35.4 Å². The second-order valence-electron chi connectivity index (χ2n) is 8.07. The molecule has 1 saturated heterocycles. The van der Waals surface area contributed by atoms with Crippen molar-refractivity contribution in [3.63, 3.8) is 0 Å². The van der Waals surface area contributed by atoms with Crippen LogP contribution < -0.4 is 10.6 Å². The van der Waals surface area contributed by atoms with E-state index in [9.17, 15) is 9.59 Å². The number of amides is 2. The molecule has 1 fully saturated rings. The summed E-state index contributed by atoms with van der Waals surface area (Å²) < 4.78 is 5.12. The van der Waals surface area contributed by atoms with Gasteiger partial charge >= 0.3 is 0 Å². The number of fused-ring (bicyclic) bond motifs is 1. The molecule has 8 nitrogen and oxygen atoms in total. The Morgan fingerprint density at radius 2 is 2.20 bits per heavy atom. The Kier molecular flexibility index (Phi) is 6.42. The molecule has 8 heteroatoms. The normalized spacial score (nSPS) is 19.2. The summed E-state index contributed by atoms with van der Waals surface area (Å²) in [5.74, 6) is 0.544. The van der Waals surface area contributed by atoms with Crippen molar-refractivity contribution in [2.24, 2.45) is 0 Å². The molecule has 0 radical (unpaired) electrons. The second-order valence-corrected chi connectivity index (χ2v) is 8.07. The van der Waals surface area contributed by atoms with Crippen molar-refractivity contribution in [3.05, 3.63) is 46.9 Å². The van der Waals surface area contributed by atoms with Crippen LogP contribution in [-0.4, -0.2) is 52.4 Å². The number of hydrogen-bond donors (Lipinski definition) is 2. The zero-order valence-electron chi connectivity index (χ0n) is 17.4. The van der Waals surface area contributed by atoms with Crippen LogP contribution in [0.2, 0.25) is 0 Å². The molecule has 2 aliphatic rings. The summed E-state index contributed by atoms with van der Waals surface area (Å²) in [4.78, 5) is 36.2. The molecule has 0 saturated carbocycles. The molecular weight excluding hydrogens is 382 g/mol. The highest BCUT2D eigenvalue weighted by atomic mass is 16.3. The van der Waals surface area contributed by atoms with E-state index in [4.69, 9.17) is 9.40 Å². The van der Waals surface area contributed by atoms with Crippen LogP contribution in [0.3, 0.4) is 0 Å². The average Bonchev–Trinajstić information content (AvgIpc) is 3.24. The van der Waals surface area contributed by atoms with Crippen molar-refractivity contribution >= 4 is 11.8 Å². The fraction of sp³-hybridized carbons (Fsp3) is 0.545. The molecule has 30 heavy (non-hydrogen) atoms. The summed E-state index contributed by atoms with van der Waals surface area (Å²) >= 11 is 0. The van der Waals surface area contributed by atoms with Gasteiger partial charge in [-0.05, 0) is 44.2 Å². The van der Waals surface area contributed by atoms with E-state index in [0.29, 0.717) is 32.6 Å². The van der Waals surface area contributed by atoms with E-state index in [-0.39, 0.29) is 18.2 Å². The van der Waals surface area contributed by atoms with Crippen LogP contribution in [0.1, 0.15) is 47.6 Å². The Bertz CT molecular complexity index is 896. The van der Waals surface area contributed by atoms with Crippen molar-refractivity contribution in [1.29, 1.82) is 0 Å². The Labute approximate surface area is 176 Å². The molecule has 160 valence electrons. The first-order valence-corrected chi connectivity index (χ1v) is 10.7. The van der Waals surface area contributed by atoms with Gasteiger partial charge in [-0.2, -0.15) is 0 Å². The fourth-order valence-corrected chi connectivity index (χ4v) is 4.31. The predicted molar refractivity (Wildman–Crippen MR) is 111 cm³/mol. The van der Waals surface area contributed by atoms with Gasteiger partial charge in [0.15, 0.2) is 0 Å². The van der Waals surface area contributed by atoms with E-state index in [2.05, 4.69) is 15.6 Å². The SMILES string of the molecule is Cc1nc(CCNC(=O)C[C@@H]2C(=O)NCCN2Cc2ccoc2)nc2c1CCCC2. The number of rotatable bonds is 7. The number of piperazine rings is 1. The number of carbonyl (C=O) groups is 2. The third-order valence-corrected chi connectivity index (χ3v) is 5.89. The topological polar surface area (TPSA) is 100 Å². The minimum Gasteiger partial charge on any atom is -0.472 e. The maximum atomic E-state index is 12.5. The number of nitrogens with one attached hydrogen (secondary N) is 2. The number of furan rings is 1. The van der Waals surface area contributed by atoms with Crippen molar-refractivity contribution < 1.29 is 14.0 Å². The third kappa shape index (κ3) is 4.87. The van der Waals surface area contributed by atoms with E-state index in [1.54, 1.807) is 12.5 Å². The van der Waals surface area contributed by atoms with Gasteiger partial charge in [-0.15, -0.1) is 0 Å². The summed E-state index contributed by atoms with van der Waals surface area (Å²) in [7, 11) is 0. The molecule has 0 aromatic carbocycles. The van der Waals surface area contributed by atoms with E-state index < -0.39 is 6.04 Å². The number of nitrogens with zero attached hydrogens (tertiary/aromatic N) is 3. The van der Waals surface area contributed by atoms with Gasteiger partial charge in [0.2, 0.25) is 11.8 Å². The van der Waals surface area contributed by atoms with Crippen LogP contribution in [0.15, 0.2) is 23.0 Å². The molecule has 1 aliphatic heterocycles. The number of aryl methyl sites for hydroxylation is 2. The molecule has 0 unspecified atom stereocenters. The summed E-state index contributed by atoms with van der Waals surface area (Å²) in [6.07, 6.45) is 8.48. The second kappa shape index (κ2) is 9.38. The van der Waals surface area contributed by atoms with E-state index in [1.165, 1.54) is 24.1 Å². The zero-order valence-corrected chi connectivity index (χ0v) is 17.4. The molecule has 4 rings (SSSR count). The summed E-state index contributed by atoms with van der Waals surface area (Å²) in [6.45, 7) is 4.39. The number of aromatic nitrogens is 2. The van der Waals surface area contributed by atoms with E-state index >= 15 is 0 Å². The van der Waals surface area contributed by atoms with E-state index in [1.807, 2.05) is 17.9 Å². The van der Waals surface area contributed by atoms with Gasteiger partial charge in [-0.25, -0.2) is 9.97 Å². The zero-order chi connectivity index (χ0) is 20.9. The van der Waals surface area contributed by atoms with Crippen LogP contribution in [0, 0.1) is 6.92 Å². The molecule has 1 aliphatic carbocycles. The molecule has 2 aromatic heterocycles. The van der Waals surface area contributed by atoms with Gasteiger partial charge in [0.05, 0.1) is 25.0 Å². The Hall–Kier alpha value is -2.74. The van der Waals surface area contributed by atoms with Crippen LogP contribution in [0.4, 0.5) is 0 Å². The minimum absolute atomic E-state index is 0.103. The van der Waals surface area contributed by atoms with Crippen LogP contribution in [0.5, 0.6) is 0 Å². The Morgan fingerprint density at radius 3 is 3.03 bits per heavy atom. The maximum absolute atomic E-state index is 12.5. The first kappa shape index (κ1) is 20.5. The van der Waals surface area contributed by atoms with Gasteiger partial charge in [-0.1, -0.05) is 0 Å². The van der Waals surface area contributed by atoms with Gasteiger partial charge < -0.3 is 15.1 Å². The lowest BCUT2D eigenvalue weighted by atomic mass is 9.95. The lowest BCUT2D eigenvalue weighted by Crippen LogP contribution is -2.56. The highest BCUT2D eigenvalue weighted by Crippen LogP contribution is 2.21. The van der Waals surface area contributed by atoms with Gasteiger partial charge in [0.1, 0.15) is 5.82 Å². The van der Waals surface area contributed by atoms with E-state index in [0.717, 1.165) is 29.9 Å². The maximum Gasteiger partial charge on any atom is 0.237 e. The molecule has 1 atom stereocenters. The molecule has 0 spiro atoms. The van der Waals surface area contributed by atoms with Gasteiger partial charge in [-0.3, -0.25) is 14.5 Å². The third-order valence-electron chi connectivity index (χ3n) is 5.89. The molecule has 2 amide bonds. The molecule has 2 aromatic rings. The molecule has 2 N–H and O–H groups in total. The minimum atomic E-state index is -0.476. The number of carbonyl (C=O) groups excluding carboxylic acids is 2. The van der Waals surface area contributed by atoms with Gasteiger partial charge in [0.25, 0.3) is 0 Å². The quantitative estimate of drug-likeness (QED) is 0.713. The highest BCUT2D eigenvalue weighted by molar-refractivity contribution is 5.88. The highest BCUT2D eigenvalue weighted by Gasteiger charge is 2.31. The lowest BCUT2D eigenvalue weighted by molar-refractivity contribution is -0.134. The standard InChI is InChI=1S/C22H29N5O3/c1-15-17-4-2-3-5-18(17)26-20(25-15)6-8-23-21(28)12-19-22(29)24-9-10-27(19)13-16-7-11-30-14-16/h7,11,14,19H,2-6,8-10,12-13H2,1H3,(H,23,28)(H,24,29)/t19-/m1/s1. The van der Waals surface area contributed by atoms with Crippen molar-refractivity contribution in [3.8, 4) is 0 Å². The molecule has 0 bridgehead atoms. The largest absolute Gasteiger partial charge is 0.472 e. The first-order chi connectivity index (χ1) is 14.6. The molecular formula is C22H29N5O3. The first-order valence-electron chi connectivity index (χ1n) is 10.7. The monoisotopic (exact) mass is 411 g/mol. The van der Waals surface area contributed by atoms with Crippen LogP contribution in [0.25, 0.3) is 0 Å². The Morgan fingerprint density at radius 1 is 1.33 bits per heavy atom. The van der Waals surface area contributed by atoms with Crippen molar-refractivity contribution in [2.45, 2.75) is 58.0 Å². The average molecular weight is 412 g/mol. The summed E-state index contributed by atoms with van der Waals surface area (Å²) in [6, 6.07) is 1.40. The smallest absolute Gasteiger partial charge is 0.237 e. The van der Waals surface area contributed by atoms with Gasteiger partial charge in [0, 0.05) is 49.6 Å².